The van der Waals surface area contributed by atoms with Crippen LogP contribution in [0.5, 0.6) is 0 Å². The summed E-state index contributed by atoms with van der Waals surface area (Å²) in [6, 6.07) is 8.11. The third-order valence-electron chi connectivity index (χ3n) is 3.95. The Morgan fingerprint density at radius 3 is 2.71 bits per heavy atom. The van der Waals surface area contributed by atoms with E-state index in [2.05, 4.69) is 24.7 Å². The van der Waals surface area contributed by atoms with Crippen LogP contribution in [0.25, 0.3) is 16.0 Å². The van der Waals surface area contributed by atoms with Crippen molar-refractivity contribution >= 4 is 39.4 Å². The molecular weight excluding hydrogens is 286 g/mol. The number of aromatic nitrogens is 3. The number of para-hydroxylation sites is 2. The predicted molar refractivity (Wildman–Crippen MR) is 82.8 cm³/mol. The number of carbonyl (C=O) groups is 1. The lowest BCUT2D eigenvalue weighted by Gasteiger charge is -2.34. The van der Waals surface area contributed by atoms with Crippen LogP contribution in [-0.4, -0.2) is 50.7 Å². The van der Waals surface area contributed by atoms with E-state index >= 15 is 0 Å². The molecule has 6 nitrogen and oxygen atoms in total. The highest BCUT2D eigenvalue weighted by Gasteiger charge is 2.23. The number of hydrogen-bond donors (Lipinski definition) is 0. The Kier molecular flexibility index (Phi) is 2.81. The molecule has 1 aromatic carbocycles. The van der Waals surface area contributed by atoms with Crippen LogP contribution in [0.2, 0.25) is 0 Å². The molecule has 0 atom stereocenters. The van der Waals surface area contributed by atoms with E-state index in [9.17, 15) is 4.79 Å². The van der Waals surface area contributed by atoms with Gasteiger partial charge in [-0.2, -0.15) is 4.37 Å². The zero-order valence-electron chi connectivity index (χ0n) is 11.7. The first-order valence-corrected chi connectivity index (χ1v) is 7.75. The van der Waals surface area contributed by atoms with Crippen molar-refractivity contribution in [3.63, 3.8) is 0 Å². The molecule has 0 bridgehead atoms. The van der Waals surface area contributed by atoms with Gasteiger partial charge in [0.25, 0.3) is 0 Å². The Bertz CT molecular complexity index is 815. The number of piperazine rings is 1. The summed E-state index contributed by atoms with van der Waals surface area (Å²) in [6.07, 6.45) is 0. The molecule has 3 aromatic rings. The molecule has 2 aromatic heterocycles. The summed E-state index contributed by atoms with van der Waals surface area (Å²) in [5, 5.41) is 0. The second kappa shape index (κ2) is 4.70. The number of nitrogens with zero attached hydrogens (tertiary/aromatic N) is 5. The van der Waals surface area contributed by atoms with Gasteiger partial charge in [-0.1, -0.05) is 12.1 Å². The summed E-state index contributed by atoms with van der Waals surface area (Å²) >= 11 is 1.42. The number of hydrogen-bond acceptors (Lipinski definition) is 5. The molecule has 21 heavy (non-hydrogen) atoms. The van der Waals surface area contributed by atoms with Crippen molar-refractivity contribution in [2.24, 2.45) is 0 Å². The quantitative estimate of drug-likeness (QED) is 0.685. The first kappa shape index (κ1) is 12.6. The summed E-state index contributed by atoms with van der Waals surface area (Å²) in [4.78, 5) is 21.0. The molecule has 0 N–H and O–H groups in total. The first-order valence-electron chi connectivity index (χ1n) is 6.97. The van der Waals surface area contributed by atoms with E-state index in [1.54, 1.807) is 6.92 Å². The second-order valence-corrected chi connectivity index (χ2v) is 5.92. The van der Waals surface area contributed by atoms with Crippen LogP contribution in [0.15, 0.2) is 24.3 Å². The third kappa shape index (κ3) is 1.96. The lowest BCUT2D eigenvalue weighted by Crippen LogP contribution is -2.48. The molecule has 1 saturated heterocycles. The van der Waals surface area contributed by atoms with Gasteiger partial charge in [0.15, 0.2) is 0 Å². The van der Waals surface area contributed by atoms with Crippen LogP contribution in [0.1, 0.15) is 6.92 Å². The Hall–Kier alpha value is -2.15. The zero-order valence-corrected chi connectivity index (χ0v) is 12.5. The van der Waals surface area contributed by atoms with Gasteiger partial charge in [-0.05, 0) is 12.1 Å². The minimum absolute atomic E-state index is 0.145. The summed E-state index contributed by atoms with van der Waals surface area (Å²) in [5.41, 5.74) is 2.08. The minimum Gasteiger partial charge on any atom is -0.339 e. The van der Waals surface area contributed by atoms with Gasteiger partial charge in [0.05, 0.1) is 11.0 Å². The average Bonchev–Trinajstić information content (AvgIpc) is 3.06. The molecule has 0 unspecified atom stereocenters. The van der Waals surface area contributed by atoms with E-state index in [0.717, 1.165) is 48.1 Å². The van der Waals surface area contributed by atoms with E-state index in [1.807, 2.05) is 23.1 Å². The van der Waals surface area contributed by atoms with Crippen molar-refractivity contribution in [3.8, 4) is 0 Å². The maximum Gasteiger partial charge on any atom is 0.223 e. The van der Waals surface area contributed by atoms with Crippen LogP contribution in [-0.2, 0) is 4.79 Å². The number of fused-ring (bicyclic) bond motifs is 3. The summed E-state index contributed by atoms with van der Waals surface area (Å²) in [7, 11) is 0. The van der Waals surface area contributed by atoms with Gasteiger partial charge in [-0.25, -0.2) is 4.98 Å². The fraction of sp³-hybridized carbons (Fsp3) is 0.357. The molecule has 7 heteroatoms. The van der Waals surface area contributed by atoms with Gasteiger partial charge in [-0.15, -0.1) is 0 Å². The highest BCUT2D eigenvalue weighted by Crippen LogP contribution is 2.26. The lowest BCUT2D eigenvalue weighted by molar-refractivity contribution is -0.129. The third-order valence-corrected chi connectivity index (χ3v) is 4.64. The normalized spacial score (nSPS) is 16.0. The van der Waals surface area contributed by atoms with Crippen LogP contribution in [0.3, 0.4) is 0 Å². The largest absolute Gasteiger partial charge is 0.339 e. The zero-order chi connectivity index (χ0) is 14.4. The maximum atomic E-state index is 11.4. The molecule has 0 radical (unpaired) electrons. The first-order chi connectivity index (χ1) is 10.2. The molecule has 3 heterocycles. The smallest absolute Gasteiger partial charge is 0.223 e. The minimum atomic E-state index is 0.145. The highest BCUT2D eigenvalue weighted by molar-refractivity contribution is 7.11. The molecule has 1 aliphatic rings. The van der Waals surface area contributed by atoms with Crippen LogP contribution in [0.4, 0.5) is 5.95 Å². The number of rotatable bonds is 1. The topological polar surface area (TPSA) is 53.7 Å². The number of amides is 1. The van der Waals surface area contributed by atoms with E-state index in [1.165, 1.54) is 11.5 Å². The number of imidazole rings is 1. The monoisotopic (exact) mass is 301 g/mol. The SMILES string of the molecule is CC(=O)N1CCN(c2nsc3nc4ccccc4n23)CC1. The Balaban J connectivity index is 1.72. The lowest BCUT2D eigenvalue weighted by atomic mass is 10.3. The van der Waals surface area contributed by atoms with Gasteiger partial charge in [0, 0.05) is 44.6 Å². The van der Waals surface area contributed by atoms with E-state index in [-0.39, 0.29) is 5.91 Å². The van der Waals surface area contributed by atoms with Crippen molar-refractivity contribution < 1.29 is 4.79 Å². The maximum absolute atomic E-state index is 11.4. The molecule has 4 rings (SSSR count). The van der Waals surface area contributed by atoms with Gasteiger partial charge >= 0.3 is 0 Å². The fourth-order valence-electron chi connectivity index (χ4n) is 2.80. The molecule has 1 aliphatic heterocycles. The van der Waals surface area contributed by atoms with E-state index in [0.29, 0.717) is 0 Å². The summed E-state index contributed by atoms with van der Waals surface area (Å²) in [6.45, 7) is 4.75. The predicted octanol–water partition coefficient (Wildman–Crippen LogP) is 1.61. The van der Waals surface area contributed by atoms with Crippen LogP contribution >= 0.6 is 11.5 Å². The second-order valence-electron chi connectivity index (χ2n) is 5.19. The highest BCUT2D eigenvalue weighted by atomic mass is 32.1. The van der Waals surface area contributed by atoms with Crippen LogP contribution < -0.4 is 4.90 Å². The van der Waals surface area contributed by atoms with Gasteiger partial charge in [0.1, 0.15) is 0 Å². The Morgan fingerprint density at radius 1 is 1.19 bits per heavy atom. The van der Waals surface area contributed by atoms with Gasteiger partial charge < -0.3 is 9.80 Å². The van der Waals surface area contributed by atoms with Gasteiger partial charge in [-0.3, -0.25) is 9.20 Å². The number of anilines is 1. The number of carbonyl (C=O) groups excluding carboxylic acids is 1. The van der Waals surface area contributed by atoms with Crippen LogP contribution in [0, 0.1) is 0 Å². The van der Waals surface area contributed by atoms with E-state index < -0.39 is 0 Å². The summed E-state index contributed by atoms with van der Waals surface area (Å²) in [5.74, 6) is 1.08. The molecule has 108 valence electrons. The Labute approximate surface area is 125 Å². The molecule has 0 saturated carbocycles. The van der Waals surface area contributed by atoms with Gasteiger partial charge in [0.2, 0.25) is 16.8 Å². The summed E-state index contributed by atoms with van der Waals surface area (Å²) < 4.78 is 6.68. The molecule has 0 aliphatic carbocycles. The molecular formula is C14H15N5OS. The fourth-order valence-corrected chi connectivity index (χ4v) is 3.56. The van der Waals surface area contributed by atoms with Crippen molar-refractivity contribution in [2.75, 3.05) is 31.1 Å². The molecule has 1 fully saturated rings. The van der Waals surface area contributed by atoms with Crippen molar-refractivity contribution in [2.45, 2.75) is 6.92 Å². The van der Waals surface area contributed by atoms with Crippen molar-refractivity contribution in [1.29, 1.82) is 0 Å². The standard InChI is InChI=1S/C14H15N5OS/c1-10(20)17-6-8-18(9-7-17)13-16-21-14-15-11-4-2-3-5-12(11)19(13)14/h2-5H,6-9H2,1H3. The number of benzene rings is 1. The Morgan fingerprint density at radius 2 is 1.95 bits per heavy atom. The van der Waals surface area contributed by atoms with E-state index in [4.69, 9.17) is 0 Å². The molecule has 0 spiro atoms. The average molecular weight is 301 g/mol. The van der Waals surface area contributed by atoms with Crippen molar-refractivity contribution in [1.82, 2.24) is 18.7 Å². The van der Waals surface area contributed by atoms with Crippen molar-refractivity contribution in [3.05, 3.63) is 24.3 Å². The molecule has 1 amide bonds.